The van der Waals surface area contributed by atoms with Gasteiger partial charge in [0, 0.05) is 5.33 Å². The SMILES string of the molecule is CC(C)(C)C(CBr)CS(=O)(=O)c1ccc(F)cc1. The standard InChI is InChI=1S/C13H18BrFO2S/c1-13(2,3)10(8-14)9-18(16,17)12-6-4-11(15)5-7-12/h4-7,10H,8-9H2,1-3H3. The summed E-state index contributed by atoms with van der Waals surface area (Å²) in [5, 5.41) is 0.622. The van der Waals surface area contributed by atoms with E-state index in [1.807, 2.05) is 20.8 Å². The highest BCUT2D eigenvalue weighted by Crippen LogP contribution is 2.30. The minimum Gasteiger partial charge on any atom is -0.224 e. The zero-order valence-corrected chi connectivity index (χ0v) is 13.2. The monoisotopic (exact) mass is 336 g/mol. The van der Waals surface area contributed by atoms with Crippen molar-refractivity contribution in [3.63, 3.8) is 0 Å². The molecule has 0 N–H and O–H groups in total. The fourth-order valence-electron chi connectivity index (χ4n) is 1.53. The first-order chi connectivity index (χ1) is 8.16. The molecule has 0 aliphatic carbocycles. The van der Waals surface area contributed by atoms with Crippen molar-refractivity contribution in [2.24, 2.45) is 11.3 Å². The molecular weight excluding hydrogens is 319 g/mol. The zero-order chi connectivity index (χ0) is 14.0. The van der Waals surface area contributed by atoms with Crippen molar-refractivity contribution in [2.75, 3.05) is 11.1 Å². The van der Waals surface area contributed by atoms with Gasteiger partial charge in [-0.25, -0.2) is 12.8 Å². The maximum absolute atomic E-state index is 12.8. The van der Waals surface area contributed by atoms with Crippen LogP contribution in [0.5, 0.6) is 0 Å². The lowest BCUT2D eigenvalue weighted by atomic mass is 9.83. The van der Waals surface area contributed by atoms with E-state index in [4.69, 9.17) is 0 Å². The van der Waals surface area contributed by atoms with Gasteiger partial charge in [0.2, 0.25) is 0 Å². The lowest BCUT2D eigenvalue weighted by Crippen LogP contribution is -2.29. The maximum Gasteiger partial charge on any atom is 0.178 e. The molecule has 0 aliphatic rings. The predicted octanol–water partition coefficient (Wildman–Crippen LogP) is 3.66. The molecule has 1 rings (SSSR count). The maximum atomic E-state index is 12.8. The van der Waals surface area contributed by atoms with Gasteiger partial charge in [-0.3, -0.25) is 0 Å². The van der Waals surface area contributed by atoms with Crippen molar-refractivity contribution in [2.45, 2.75) is 25.7 Å². The van der Waals surface area contributed by atoms with Gasteiger partial charge >= 0.3 is 0 Å². The molecule has 1 aromatic carbocycles. The third-order valence-corrected chi connectivity index (χ3v) is 5.62. The Hall–Kier alpha value is -0.420. The molecule has 0 spiro atoms. The molecule has 0 saturated carbocycles. The van der Waals surface area contributed by atoms with Crippen LogP contribution in [0, 0.1) is 17.2 Å². The Morgan fingerprint density at radius 2 is 1.72 bits per heavy atom. The molecule has 0 aliphatic heterocycles. The van der Waals surface area contributed by atoms with Gasteiger partial charge in [-0.1, -0.05) is 36.7 Å². The number of benzene rings is 1. The Labute approximate surface area is 117 Å². The molecule has 1 aromatic rings. The van der Waals surface area contributed by atoms with Crippen LogP contribution in [-0.4, -0.2) is 19.5 Å². The first-order valence-electron chi connectivity index (χ1n) is 5.71. The van der Waals surface area contributed by atoms with Gasteiger partial charge in [0.05, 0.1) is 10.6 Å². The summed E-state index contributed by atoms with van der Waals surface area (Å²) in [6.07, 6.45) is 0. The summed E-state index contributed by atoms with van der Waals surface area (Å²) in [6, 6.07) is 4.98. The molecule has 102 valence electrons. The van der Waals surface area contributed by atoms with E-state index in [2.05, 4.69) is 15.9 Å². The number of halogens is 2. The average molecular weight is 337 g/mol. The lowest BCUT2D eigenvalue weighted by molar-refractivity contribution is 0.291. The Bertz CT molecular complexity index is 489. The summed E-state index contributed by atoms with van der Waals surface area (Å²) in [7, 11) is -3.37. The number of sulfone groups is 1. The van der Waals surface area contributed by atoms with Crippen molar-refractivity contribution in [3.05, 3.63) is 30.1 Å². The van der Waals surface area contributed by atoms with Crippen molar-refractivity contribution < 1.29 is 12.8 Å². The van der Waals surface area contributed by atoms with Crippen LogP contribution in [0.25, 0.3) is 0 Å². The van der Waals surface area contributed by atoms with Gasteiger partial charge in [-0.05, 0) is 35.6 Å². The smallest absolute Gasteiger partial charge is 0.178 e. The summed E-state index contributed by atoms with van der Waals surface area (Å²) in [4.78, 5) is 0.180. The highest BCUT2D eigenvalue weighted by atomic mass is 79.9. The van der Waals surface area contributed by atoms with Crippen LogP contribution in [0.2, 0.25) is 0 Å². The molecule has 1 atom stereocenters. The van der Waals surface area contributed by atoms with Crippen LogP contribution in [0.15, 0.2) is 29.2 Å². The molecule has 0 heterocycles. The second-order valence-corrected chi connectivity index (χ2v) is 8.13. The minimum atomic E-state index is -3.37. The van der Waals surface area contributed by atoms with Crippen LogP contribution < -0.4 is 0 Å². The van der Waals surface area contributed by atoms with E-state index in [-0.39, 0.29) is 22.0 Å². The second-order valence-electron chi connectivity index (χ2n) is 5.45. The van der Waals surface area contributed by atoms with Gasteiger partial charge in [-0.2, -0.15) is 0 Å². The van der Waals surface area contributed by atoms with Crippen LogP contribution in [0.3, 0.4) is 0 Å². The van der Waals surface area contributed by atoms with Crippen molar-refractivity contribution in [1.29, 1.82) is 0 Å². The molecular formula is C13H18BrFO2S. The van der Waals surface area contributed by atoms with E-state index in [9.17, 15) is 12.8 Å². The van der Waals surface area contributed by atoms with E-state index in [0.717, 1.165) is 0 Å². The van der Waals surface area contributed by atoms with Crippen molar-refractivity contribution in [3.8, 4) is 0 Å². The number of hydrogen-bond donors (Lipinski definition) is 0. The average Bonchev–Trinajstić information content (AvgIpc) is 2.25. The topological polar surface area (TPSA) is 34.1 Å². The predicted molar refractivity (Wildman–Crippen MR) is 75.2 cm³/mol. The highest BCUT2D eigenvalue weighted by molar-refractivity contribution is 9.09. The second kappa shape index (κ2) is 5.70. The summed E-state index contributed by atoms with van der Waals surface area (Å²) >= 11 is 3.36. The van der Waals surface area contributed by atoms with Crippen LogP contribution >= 0.6 is 15.9 Å². The highest BCUT2D eigenvalue weighted by Gasteiger charge is 2.29. The largest absolute Gasteiger partial charge is 0.224 e. The van der Waals surface area contributed by atoms with E-state index in [1.165, 1.54) is 24.3 Å². The van der Waals surface area contributed by atoms with Crippen LogP contribution in [-0.2, 0) is 9.84 Å². The molecule has 0 amide bonds. The van der Waals surface area contributed by atoms with E-state index >= 15 is 0 Å². The van der Waals surface area contributed by atoms with Crippen LogP contribution in [0.1, 0.15) is 20.8 Å². The number of alkyl halides is 1. The molecule has 0 aromatic heterocycles. The van der Waals surface area contributed by atoms with E-state index in [0.29, 0.717) is 5.33 Å². The molecule has 2 nitrogen and oxygen atoms in total. The molecule has 0 bridgehead atoms. The van der Waals surface area contributed by atoms with Gasteiger partial charge in [-0.15, -0.1) is 0 Å². The molecule has 0 radical (unpaired) electrons. The Kier molecular flexibility index (Phi) is 4.95. The Balaban J connectivity index is 2.98. The summed E-state index contributed by atoms with van der Waals surface area (Å²) in [5.74, 6) is -0.359. The third-order valence-electron chi connectivity index (χ3n) is 3.00. The van der Waals surface area contributed by atoms with Gasteiger partial charge in [0.25, 0.3) is 0 Å². The van der Waals surface area contributed by atoms with E-state index in [1.54, 1.807) is 0 Å². The Morgan fingerprint density at radius 1 is 1.22 bits per heavy atom. The number of rotatable bonds is 4. The first kappa shape index (κ1) is 15.6. The van der Waals surface area contributed by atoms with E-state index < -0.39 is 15.7 Å². The van der Waals surface area contributed by atoms with Crippen molar-refractivity contribution in [1.82, 2.24) is 0 Å². The van der Waals surface area contributed by atoms with Gasteiger partial charge < -0.3 is 0 Å². The molecule has 1 unspecified atom stereocenters. The van der Waals surface area contributed by atoms with Gasteiger partial charge in [0.15, 0.2) is 9.84 Å². The summed E-state index contributed by atoms with van der Waals surface area (Å²) in [5.41, 5.74) is -0.101. The van der Waals surface area contributed by atoms with Crippen molar-refractivity contribution >= 4 is 25.8 Å². The molecule has 18 heavy (non-hydrogen) atoms. The summed E-state index contributed by atoms with van der Waals surface area (Å²) < 4.78 is 37.2. The molecule has 0 saturated heterocycles. The summed E-state index contributed by atoms with van der Waals surface area (Å²) in [6.45, 7) is 6.04. The molecule has 0 fully saturated rings. The lowest BCUT2D eigenvalue weighted by Gasteiger charge is -2.28. The Morgan fingerprint density at radius 3 is 2.11 bits per heavy atom. The fourth-order valence-corrected chi connectivity index (χ4v) is 4.92. The first-order valence-corrected chi connectivity index (χ1v) is 8.48. The quantitative estimate of drug-likeness (QED) is 0.621. The molecule has 5 heteroatoms. The zero-order valence-electron chi connectivity index (χ0n) is 10.8. The normalized spacial score (nSPS) is 14.5. The number of hydrogen-bond acceptors (Lipinski definition) is 2. The fraction of sp³-hybridized carbons (Fsp3) is 0.538. The van der Waals surface area contributed by atoms with Gasteiger partial charge in [0.1, 0.15) is 5.82 Å². The minimum absolute atomic E-state index is 0.00699. The van der Waals surface area contributed by atoms with Crippen LogP contribution in [0.4, 0.5) is 4.39 Å². The third kappa shape index (κ3) is 4.05.